The molecule has 3 aromatic rings. The fourth-order valence-corrected chi connectivity index (χ4v) is 15.9. The second kappa shape index (κ2) is 66.8. The Hall–Kier alpha value is -10.7. The molecule has 0 bridgehead atoms. The van der Waals surface area contributed by atoms with E-state index in [1.165, 1.54) is 6.92 Å². The molecule has 38 nitrogen and oxygen atoms in total. The Morgan fingerprint density at radius 3 is 1.07 bits per heavy atom. The minimum absolute atomic E-state index is 0.00139. The zero-order valence-corrected chi connectivity index (χ0v) is 84.1. The maximum absolute atomic E-state index is 15.2. The van der Waals surface area contributed by atoms with Crippen molar-refractivity contribution in [2.75, 3.05) is 39.3 Å². The lowest BCUT2D eigenvalue weighted by Crippen LogP contribution is -2.61. The molecule has 0 aliphatic rings. The molecule has 772 valence electrons. The van der Waals surface area contributed by atoms with Crippen molar-refractivity contribution in [1.82, 2.24) is 84.7 Å². The molecule has 0 fully saturated rings. The number of H-pyrrole nitrogens is 1. The zero-order chi connectivity index (χ0) is 102. The number of carbonyl (C=O) groups excluding carboxylic acids is 16. The summed E-state index contributed by atoms with van der Waals surface area (Å²) in [6.45, 7) is 25.4. The van der Waals surface area contributed by atoms with Crippen LogP contribution in [0, 0.1) is 35.5 Å². The van der Waals surface area contributed by atoms with Crippen LogP contribution < -0.4 is 114 Å². The van der Waals surface area contributed by atoms with Crippen LogP contribution in [0.25, 0.3) is 10.9 Å². The Balaban J connectivity index is 1.91. The number of aromatic amines is 1. The molecule has 137 heavy (non-hydrogen) atoms. The van der Waals surface area contributed by atoms with E-state index in [4.69, 9.17) is 34.4 Å². The number of hydrogen-bond acceptors (Lipinski definition) is 21. The lowest BCUT2D eigenvalue weighted by atomic mass is 9.97. The van der Waals surface area contributed by atoms with E-state index in [1.54, 1.807) is 78.1 Å². The highest BCUT2D eigenvalue weighted by Gasteiger charge is 2.40. The number of primary amides is 1. The normalized spacial score (nSPS) is 14.8. The number of rotatable bonds is 72. The topological polar surface area (TPSA) is 625 Å². The molecule has 15 atom stereocenters. The smallest absolute Gasteiger partial charge is 0.243 e. The van der Waals surface area contributed by atoms with Crippen LogP contribution in [0.3, 0.4) is 0 Å². The van der Waals surface area contributed by atoms with Gasteiger partial charge in [0.2, 0.25) is 94.5 Å². The molecular weight excluding hydrogens is 1750 g/mol. The average molecular weight is 1920 g/mol. The third-order valence-corrected chi connectivity index (χ3v) is 24.1. The minimum atomic E-state index is -1.41. The molecule has 28 N–H and O–H groups in total. The van der Waals surface area contributed by atoms with Crippen LogP contribution in [-0.4, -0.2) is 223 Å². The summed E-state index contributed by atoms with van der Waals surface area (Å²) in [6.07, 6.45) is 14.2. The highest BCUT2D eigenvalue weighted by molar-refractivity contribution is 6.01. The van der Waals surface area contributed by atoms with Gasteiger partial charge in [0, 0.05) is 36.4 Å². The Morgan fingerprint density at radius 2 is 0.657 bits per heavy atom. The molecular formula is C99H170N22O16. The van der Waals surface area contributed by atoms with Gasteiger partial charge in [-0.2, -0.15) is 0 Å². The van der Waals surface area contributed by atoms with E-state index >= 15 is 19.2 Å². The monoisotopic (exact) mass is 1920 g/mol. The summed E-state index contributed by atoms with van der Waals surface area (Å²) < 4.78 is 0. The standard InChI is InChI=1S/C99H170N22O16/c1-15-17-18-19-20-21-25-47-81(122)109-71(42-28-33-48-100)88(126)117-80(57-68-58-106-70-41-27-26-40-69(68)70)96(134)112-73(44-30-35-50-102)90(128)115-77(54-61(5)6)94(132)116-79(56-67-38-23-22-24-39-67)95(133)111-72(43-29-34-49-101)89(127)110-75(46-32-37-52-104)92(130)121-85(65(13)16-2)97(135)107-59-82(123)108-66(14)87(125)119-83(63(9)10)99(137)118-78(55-62(7)8)93(131)113-74(45-31-36-51-103)91(129)120-84(64(11)12)98(136)114-76(86(105)124)53-60(3)4/h22-24,26-27,38-41,58,60-66,71-80,83-85,106H,15-21,25,28-37,42-57,59,100-104H2,1-14H3,(H2,105,124)(H,107,135)(H,108,123)(H,109,122)(H,110,127)(H,111,133)(H,112,134)(H,113,131)(H,114,136)(H,115,128)(H,116,132)(H,117,126)(H,118,137)(H,119,125)(H,120,129)(H,121,130)/t65-,66-,71-,72-,73-,74-,75-,76-,77-,78-,79-,80-,83-,84-,85-/m0/s1. The number of fused-ring (bicyclic) bond motifs is 1. The number of nitrogens with two attached hydrogens (primary N) is 6. The Labute approximate surface area is 811 Å². The van der Waals surface area contributed by atoms with Crippen LogP contribution >= 0.6 is 0 Å². The molecule has 38 heteroatoms. The molecule has 1 aromatic heterocycles. The minimum Gasteiger partial charge on any atom is -0.368 e. The van der Waals surface area contributed by atoms with Gasteiger partial charge in [0.05, 0.1) is 6.54 Å². The maximum atomic E-state index is 15.2. The van der Waals surface area contributed by atoms with Crippen molar-refractivity contribution in [3.05, 3.63) is 71.9 Å². The van der Waals surface area contributed by atoms with Gasteiger partial charge in [0.25, 0.3) is 0 Å². The van der Waals surface area contributed by atoms with Crippen molar-refractivity contribution in [3.8, 4) is 0 Å². The van der Waals surface area contributed by atoms with Crippen molar-refractivity contribution in [2.24, 2.45) is 69.9 Å². The van der Waals surface area contributed by atoms with Gasteiger partial charge < -0.3 is 119 Å². The molecule has 0 radical (unpaired) electrons. The summed E-state index contributed by atoms with van der Waals surface area (Å²) in [6, 6.07) is -1.30. The molecule has 16 amide bonds. The number of nitrogens with one attached hydrogen (secondary N) is 16. The highest BCUT2D eigenvalue weighted by atomic mass is 16.2. The first-order valence-corrected chi connectivity index (χ1v) is 50.1. The van der Waals surface area contributed by atoms with E-state index in [1.807, 2.05) is 65.8 Å². The van der Waals surface area contributed by atoms with E-state index in [9.17, 15) is 57.5 Å². The molecule has 1 heterocycles. The summed E-state index contributed by atoms with van der Waals surface area (Å²) in [5, 5.41) is 42.4. The molecule has 0 aliphatic carbocycles. The Kier molecular flexibility index (Phi) is 58.7. The fourth-order valence-electron chi connectivity index (χ4n) is 15.9. The zero-order valence-electron chi connectivity index (χ0n) is 84.1. The number of unbranched alkanes of at least 4 members (excludes halogenated alkanes) is 11. The Bertz CT molecular complexity index is 4210. The molecule has 3 rings (SSSR count). The number of amides is 16. The van der Waals surface area contributed by atoms with Crippen molar-refractivity contribution in [2.45, 2.75) is 368 Å². The third-order valence-electron chi connectivity index (χ3n) is 24.1. The SMILES string of the molecule is CCCCCCCCCC(=O)N[C@@H](CCCCN)C(=O)N[C@@H](Cc1c[nH]c2ccccc12)C(=O)N[C@@H](CCCCN)C(=O)N[C@@H](CC(C)C)C(=O)N[C@@H](Cc1ccccc1)C(=O)N[C@@H](CCCCN)C(=O)N[C@@H](CCCCN)C(=O)N[C@H](C(=O)NCC(=O)N[C@@H](C)C(=O)N[C@H](C(=O)N[C@@H](CC(C)C)C(=O)N[C@@H](CCCCN)C(=O)N[C@H](C(=O)N[C@@H](CC(C)C)C(N)=O)C(C)C)C(C)C)[C@@H](C)CC. The van der Waals surface area contributed by atoms with Crippen molar-refractivity contribution in [1.29, 1.82) is 0 Å². The molecule has 0 unspecified atom stereocenters. The first-order valence-electron chi connectivity index (χ1n) is 50.1. The first-order chi connectivity index (χ1) is 65.2. The largest absolute Gasteiger partial charge is 0.368 e. The van der Waals surface area contributed by atoms with Gasteiger partial charge in [-0.1, -0.05) is 183 Å². The number of hydrogen-bond donors (Lipinski definition) is 22. The van der Waals surface area contributed by atoms with Gasteiger partial charge in [-0.25, -0.2) is 0 Å². The van der Waals surface area contributed by atoms with Crippen LogP contribution in [0.1, 0.15) is 281 Å². The quantitative estimate of drug-likeness (QED) is 0.0359. The van der Waals surface area contributed by atoms with Crippen LogP contribution in [0.15, 0.2) is 60.8 Å². The number of benzene rings is 2. The van der Waals surface area contributed by atoms with Crippen LogP contribution in [0.2, 0.25) is 0 Å². The van der Waals surface area contributed by atoms with E-state index in [0.29, 0.717) is 94.7 Å². The second-order valence-electron chi connectivity index (χ2n) is 38.3. The van der Waals surface area contributed by atoms with E-state index < -0.39 is 197 Å². The predicted octanol–water partition coefficient (Wildman–Crippen LogP) is 3.64. The van der Waals surface area contributed by atoms with Gasteiger partial charge in [0.1, 0.15) is 84.6 Å². The predicted molar refractivity (Wildman–Crippen MR) is 532 cm³/mol. The number of carbonyl (C=O) groups is 16. The van der Waals surface area contributed by atoms with Gasteiger partial charge in [-0.05, 0) is 214 Å². The van der Waals surface area contributed by atoms with Crippen molar-refractivity contribution >= 4 is 105 Å². The molecule has 0 saturated heterocycles. The van der Waals surface area contributed by atoms with Gasteiger partial charge >= 0.3 is 0 Å². The van der Waals surface area contributed by atoms with E-state index in [2.05, 4.69) is 91.7 Å². The molecule has 0 aliphatic heterocycles. The second-order valence-corrected chi connectivity index (χ2v) is 38.3. The summed E-state index contributed by atoms with van der Waals surface area (Å²) in [7, 11) is 0. The van der Waals surface area contributed by atoms with Crippen LogP contribution in [0.5, 0.6) is 0 Å². The summed E-state index contributed by atoms with van der Waals surface area (Å²) >= 11 is 0. The first kappa shape index (κ1) is 120. The van der Waals surface area contributed by atoms with Gasteiger partial charge in [-0.15, -0.1) is 0 Å². The van der Waals surface area contributed by atoms with Gasteiger partial charge in [-0.3, -0.25) is 76.7 Å². The Morgan fingerprint density at radius 1 is 0.314 bits per heavy atom. The van der Waals surface area contributed by atoms with Gasteiger partial charge in [0.15, 0.2) is 0 Å². The van der Waals surface area contributed by atoms with E-state index in [0.717, 1.165) is 49.4 Å². The summed E-state index contributed by atoms with van der Waals surface area (Å²) in [5.74, 6) is -13.6. The molecule has 0 spiro atoms. The summed E-state index contributed by atoms with van der Waals surface area (Å²) in [4.78, 5) is 232. The summed E-state index contributed by atoms with van der Waals surface area (Å²) in [5.41, 5.74) is 37.3. The lowest BCUT2D eigenvalue weighted by molar-refractivity contribution is -0.136. The van der Waals surface area contributed by atoms with E-state index in [-0.39, 0.29) is 120 Å². The average Bonchev–Trinajstić information content (AvgIpc) is 1.46. The molecule has 2 aromatic carbocycles. The number of para-hydroxylation sites is 1. The maximum Gasteiger partial charge on any atom is 0.243 e. The number of aromatic nitrogens is 1. The lowest BCUT2D eigenvalue weighted by Gasteiger charge is -2.29. The van der Waals surface area contributed by atoms with Crippen molar-refractivity contribution in [3.63, 3.8) is 0 Å². The molecule has 0 saturated carbocycles. The van der Waals surface area contributed by atoms with Crippen LogP contribution in [0.4, 0.5) is 0 Å². The third kappa shape index (κ3) is 46.5. The van der Waals surface area contributed by atoms with Crippen molar-refractivity contribution < 1.29 is 76.7 Å². The van der Waals surface area contributed by atoms with Crippen LogP contribution in [-0.2, 0) is 89.6 Å². The fraction of sp³-hybridized carbons (Fsp3) is 0.697. The highest BCUT2D eigenvalue weighted by Crippen LogP contribution is 2.23.